The van der Waals surface area contributed by atoms with Crippen molar-refractivity contribution in [3.8, 4) is 0 Å². The molecule has 1 aromatic carbocycles. The Hall–Kier alpha value is -1.12. The van der Waals surface area contributed by atoms with Crippen LogP contribution in [0, 0.1) is 11.7 Å². The van der Waals surface area contributed by atoms with Gasteiger partial charge in [-0.3, -0.25) is 4.79 Å². The average molecular weight is 405 g/mol. The molecule has 0 aromatic heterocycles. The van der Waals surface area contributed by atoms with Crippen molar-refractivity contribution in [3.63, 3.8) is 0 Å². The highest BCUT2D eigenvalue weighted by Crippen LogP contribution is 2.41. The number of nitrogens with zero attached hydrogens (tertiary/aromatic N) is 2. The van der Waals surface area contributed by atoms with Crippen LogP contribution in [0.25, 0.3) is 0 Å². The van der Waals surface area contributed by atoms with Crippen LogP contribution in [0.3, 0.4) is 0 Å². The minimum Gasteiger partial charge on any atom is -0.315 e. The number of anilines is 1. The van der Waals surface area contributed by atoms with Gasteiger partial charge in [0.15, 0.2) is 15.0 Å². The lowest BCUT2D eigenvalue weighted by molar-refractivity contribution is -0.118. The molecule has 1 amide bonds. The number of amidine groups is 1. The number of aliphatic imine (C=N–C) groups is 1. The Morgan fingerprint density at radius 1 is 1.44 bits per heavy atom. The van der Waals surface area contributed by atoms with E-state index in [2.05, 4.69) is 4.99 Å². The molecule has 136 valence electrons. The van der Waals surface area contributed by atoms with Crippen molar-refractivity contribution in [2.45, 2.75) is 31.6 Å². The number of sulfone groups is 1. The third-order valence-electron chi connectivity index (χ3n) is 4.05. The second-order valence-electron chi connectivity index (χ2n) is 6.66. The zero-order valence-corrected chi connectivity index (χ0v) is 16.2. The van der Waals surface area contributed by atoms with Crippen LogP contribution in [-0.2, 0) is 14.6 Å². The topological polar surface area (TPSA) is 66.8 Å². The van der Waals surface area contributed by atoms with Gasteiger partial charge in [0.1, 0.15) is 5.82 Å². The van der Waals surface area contributed by atoms with Crippen molar-refractivity contribution < 1.29 is 17.6 Å². The van der Waals surface area contributed by atoms with Gasteiger partial charge in [0, 0.05) is 17.4 Å². The summed E-state index contributed by atoms with van der Waals surface area (Å²) < 4.78 is 37.8. The summed E-state index contributed by atoms with van der Waals surface area (Å²) in [5, 5.41) is 0.201. The van der Waals surface area contributed by atoms with Gasteiger partial charge < -0.3 is 4.90 Å². The van der Waals surface area contributed by atoms with E-state index in [1.54, 1.807) is 11.0 Å². The van der Waals surface area contributed by atoms with E-state index >= 15 is 0 Å². The molecule has 25 heavy (non-hydrogen) atoms. The van der Waals surface area contributed by atoms with E-state index in [0.29, 0.717) is 17.3 Å². The van der Waals surface area contributed by atoms with E-state index in [1.807, 2.05) is 13.8 Å². The molecular weight excluding hydrogens is 387 g/mol. The Balaban J connectivity index is 1.99. The lowest BCUT2D eigenvalue weighted by atomic mass is 10.1. The third kappa shape index (κ3) is 4.01. The number of fused-ring (bicyclic) bond motifs is 1. The van der Waals surface area contributed by atoms with E-state index < -0.39 is 15.7 Å². The number of carbonyl (C=O) groups excluding carboxylic acids is 1. The smallest absolute Gasteiger partial charge is 0.248 e. The molecule has 2 aliphatic heterocycles. The van der Waals surface area contributed by atoms with Gasteiger partial charge >= 0.3 is 0 Å². The largest absolute Gasteiger partial charge is 0.315 e. The molecule has 1 aromatic rings. The molecule has 0 bridgehead atoms. The van der Waals surface area contributed by atoms with Gasteiger partial charge in [-0.1, -0.05) is 37.2 Å². The first kappa shape index (κ1) is 18.7. The van der Waals surface area contributed by atoms with Crippen LogP contribution in [0.2, 0.25) is 5.02 Å². The Labute approximate surface area is 155 Å². The second-order valence-corrected chi connectivity index (χ2v) is 10.4. The van der Waals surface area contributed by atoms with E-state index in [0.717, 1.165) is 0 Å². The molecule has 0 radical (unpaired) electrons. The number of halogens is 2. The lowest BCUT2D eigenvalue weighted by Crippen LogP contribution is -2.37. The van der Waals surface area contributed by atoms with Gasteiger partial charge in [-0.2, -0.15) is 4.99 Å². The number of amides is 1. The quantitative estimate of drug-likeness (QED) is 0.774. The molecule has 5 nitrogen and oxygen atoms in total. The summed E-state index contributed by atoms with van der Waals surface area (Å²) in [5.41, 5.74) is 0.454. The molecule has 2 atom stereocenters. The first-order valence-electron chi connectivity index (χ1n) is 7.89. The number of benzene rings is 1. The summed E-state index contributed by atoms with van der Waals surface area (Å²) in [6.07, 6.45) is 0.306. The van der Waals surface area contributed by atoms with Crippen LogP contribution in [-0.4, -0.2) is 42.3 Å². The summed E-state index contributed by atoms with van der Waals surface area (Å²) in [4.78, 5) is 18.0. The number of hydrogen-bond acceptors (Lipinski definition) is 4. The van der Waals surface area contributed by atoms with Crippen LogP contribution < -0.4 is 4.90 Å². The van der Waals surface area contributed by atoms with E-state index in [4.69, 9.17) is 11.6 Å². The van der Waals surface area contributed by atoms with E-state index in [9.17, 15) is 17.6 Å². The standard InChI is InChI=1S/C16H18ClFN2O3S2/c1-9(2)5-15(21)19-16-20(10-3-4-11(17)12(18)6-10)13-7-25(22,23)8-14(13)24-16/h3-4,6,9,13-14H,5,7-8H2,1-2H3. The number of rotatable bonds is 3. The minimum absolute atomic E-state index is 0.0134. The summed E-state index contributed by atoms with van der Waals surface area (Å²) in [7, 11) is -3.16. The van der Waals surface area contributed by atoms with Crippen LogP contribution in [0.15, 0.2) is 23.2 Å². The minimum atomic E-state index is -3.16. The molecule has 2 aliphatic rings. The first-order valence-corrected chi connectivity index (χ1v) is 11.0. The van der Waals surface area contributed by atoms with E-state index in [1.165, 1.54) is 23.9 Å². The Morgan fingerprint density at radius 2 is 2.16 bits per heavy atom. The maximum absolute atomic E-state index is 13.9. The van der Waals surface area contributed by atoms with Gasteiger partial charge in [0.25, 0.3) is 0 Å². The predicted molar refractivity (Wildman–Crippen MR) is 99.6 cm³/mol. The highest BCUT2D eigenvalue weighted by molar-refractivity contribution is 8.16. The third-order valence-corrected chi connectivity index (χ3v) is 7.57. The van der Waals surface area contributed by atoms with Crippen LogP contribution in [0.5, 0.6) is 0 Å². The van der Waals surface area contributed by atoms with Crippen molar-refractivity contribution in [3.05, 3.63) is 29.0 Å². The van der Waals surface area contributed by atoms with Gasteiger partial charge in [-0.15, -0.1) is 0 Å². The van der Waals surface area contributed by atoms with Crippen LogP contribution >= 0.6 is 23.4 Å². The van der Waals surface area contributed by atoms with Gasteiger partial charge in [-0.25, -0.2) is 12.8 Å². The monoisotopic (exact) mass is 404 g/mol. The fourth-order valence-electron chi connectivity index (χ4n) is 3.00. The summed E-state index contributed by atoms with van der Waals surface area (Å²) in [6, 6.07) is 3.92. The highest BCUT2D eigenvalue weighted by atomic mass is 35.5. The molecule has 2 unspecified atom stereocenters. The summed E-state index contributed by atoms with van der Waals surface area (Å²) in [6.45, 7) is 3.85. The number of thioether (sulfide) groups is 1. The molecule has 9 heteroatoms. The molecule has 2 fully saturated rings. The molecular formula is C16H18ClFN2O3S2. The molecule has 2 saturated heterocycles. The summed E-state index contributed by atoms with van der Waals surface area (Å²) >= 11 is 7.02. The van der Waals surface area contributed by atoms with Gasteiger partial charge in [0.05, 0.1) is 22.6 Å². The zero-order valence-electron chi connectivity index (χ0n) is 13.8. The van der Waals surface area contributed by atoms with E-state index in [-0.39, 0.29) is 39.6 Å². The normalized spacial score (nSPS) is 26.4. The Kier molecular flexibility index (Phi) is 5.14. The highest BCUT2D eigenvalue weighted by Gasteiger charge is 2.49. The molecule has 0 aliphatic carbocycles. The number of carbonyl (C=O) groups is 1. The molecule has 0 saturated carbocycles. The summed E-state index contributed by atoms with van der Waals surface area (Å²) in [5.74, 6) is -0.691. The average Bonchev–Trinajstić information content (AvgIpc) is 2.92. The molecule has 0 N–H and O–H groups in total. The predicted octanol–water partition coefficient (Wildman–Crippen LogP) is 3.13. The Morgan fingerprint density at radius 3 is 2.80 bits per heavy atom. The van der Waals surface area contributed by atoms with Crippen LogP contribution in [0.1, 0.15) is 20.3 Å². The van der Waals surface area contributed by atoms with Crippen molar-refractivity contribution in [1.29, 1.82) is 0 Å². The zero-order chi connectivity index (χ0) is 18.4. The van der Waals surface area contributed by atoms with Crippen molar-refractivity contribution >= 4 is 50.0 Å². The fourth-order valence-corrected chi connectivity index (χ4v) is 7.05. The van der Waals surface area contributed by atoms with Crippen molar-refractivity contribution in [2.75, 3.05) is 16.4 Å². The Bertz CT molecular complexity index is 842. The second kappa shape index (κ2) is 6.89. The molecule has 2 heterocycles. The SMILES string of the molecule is CC(C)CC(=O)N=C1SC2CS(=O)(=O)CC2N1c1ccc(Cl)c(F)c1. The lowest BCUT2D eigenvalue weighted by Gasteiger charge is -2.24. The van der Waals surface area contributed by atoms with Gasteiger partial charge in [-0.05, 0) is 24.1 Å². The molecule has 3 rings (SSSR count). The number of hydrogen-bond donors (Lipinski definition) is 0. The maximum atomic E-state index is 13.9. The fraction of sp³-hybridized carbons (Fsp3) is 0.500. The maximum Gasteiger partial charge on any atom is 0.248 e. The van der Waals surface area contributed by atoms with Crippen molar-refractivity contribution in [2.24, 2.45) is 10.9 Å². The van der Waals surface area contributed by atoms with Crippen LogP contribution in [0.4, 0.5) is 10.1 Å². The molecule has 0 spiro atoms. The van der Waals surface area contributed by atoms with Crippen molar-refractivity contribution in [1.82, 2.24) is 0 Å². The van der Waals surface area contributed by atoms with Gasteiger partial charge in [0.2, 0.25) is 5.91 Å². The first-order chi connectivity index (χ1) is 11.7.